The first-order valence-corrected chi connectivity index (χ1v) is 9.32. The Balaban J connectivity index is 2.17. The van der Waals surface area contributed by atoms with Gasteiger partial charge in [0.2, 0.25) is 0 Å². The number of halogens is 2. The van der Waals surface area contributed by atoms with Crippen LogP contribution in [0.15, 0.2) is 52.4 Å². The Hall–Kier alpha value is -2.00. The lowest BCUT2D eigenvalue weighted by Crippen LogP contribution is -2.21. The molecule has 0 aliphatic rings. The van der Waals surface area contributed by atoms with Gasteiger partial charge in [-0.15, -0.1) is 0 Å². The summed E-state index contributed by atoms with van der Waals surface area (Å²) in [5, 5.41) is 10.8. The van der Waals surface area contributed by atoms with E-state index in [1.807, 2.05) is 6.07 Å². The number of hydrogen-bond acceptors (Lipinski definition) is 4. The summed E-state index contributed by atoms with van der Waals surface area (Å²) in [4.78, 5) is 17.6. The molecule has 0 fully saturated rings. The van der Waals surface area contributed by atoms with Gasteiger partial charge in [-0.3, -0.25) is 9.36 Å². The van der Waals surface area contributed by atoms with Gasteiger partial charge in [0.1, 0.15) is 0 Å². The zero-order valence-corrected chi connectivity index (χ0v) is 15.4. The van der Waals surface area contributed by atoms with Crippen LogP contribution in [-0.4, -0.2) is 15.3 Å². The largest absolute Gasteiger partial charge is 0.268 e. The lowest BCUT2D eigenvalue weighted by atomic mass is 10.2. The Morgan fingerprint density at radius 3 is 2.72 bits per heavy atom. The maximum Gasteiger partial charge on any atom is 0.266 e. The van der Waals surface area contributed by atoms with Crippen LogP contribution in [0.1, 0.15) is 12.8 Å². The quantitative estimate of drug-likeness (QED) is 0.346. The van der Waals surface area contributed by atoms with E-state index in [4.69, 9.17) is 28.5 Å². The van der Waals surface area contributed by atoms with Gasteiger partial charge in [-0.2, -0.15) is 5.26 Å². The Bertz CT molecular complexity index is 1030. The van der Waals surface area contributed by atoms with Crippen LogP contribution < -0.4 is 5.56 Å². The summed E-state index contributed by atoms with van der Waals surface area (Å²) in [6.07, 6.45) is 1.19. The fourth-order valence-corrected chi connectivity index (χ4v) is 3.70. The molecule has 126 valence electrons. The van der Waals surface area contributed by atoms with E-state index < -0.39 is 0 Å². The second-order valence-electron chi connectivity index (χ2n) is 5.29. The Morgan fingerprint density at radius 2 is 1.96 bits per heavy atom. The minimum atomic E-state index is -0.174. The third-order valence-electron chi connectivity index (χ3n) is 3.53. The van der Waals surface area contributed by atoms with Crippen molar-refractivity contribution in [2.75, 3.05) is 5.75 Å². The van der Waals surface area contributed by atoms with Crippen molar-refractivity contribution in [3.05, 3.63) is 62.9 Å². The molecule has 1 heterocycles. The third-order valence-corrected chi connectivity index (χ3v) is 5.03. The van der Waals surface area contributed by atoms with E-state index >= 15 is 0 Å². The molecule has 3 rings (SSSR count). The number of rotatable bonds is 5. The molecule has 0 saturated heterocycles. The van der Waals surface area contributed by atoms with Gasteiger partial charge in [-0.25, -0.2) is 4.98 Å². The first-order chi connectivity index (χ1) is 12.1. The standard InChI is InChI=1S/C18H13Cl2N3OS/c19-12-4-3-5-14(10-12)23-17(24)15-7-6-13(20)11-16(15)22-18(23)25-9-2-1-8-21/h3-7,10-11H,1-2,9H2. The SMILES string of the molecule is N#CCCCSc1nc2cc(Cl)ccc2c(=O)n1-c1cccc(Cl)c1. The summed E-state index contributed by atoms with van der Waals surface area (Å²) >= 11 is 13.6. The summed E-state index contributed by atoms with van der Waals surface area (Å²) in [6, 6.07) is 14.2. The summed E-state index contributed by atoms with van der Waals surface area (Å²) in [6.45, 7) is 0. The van der Waals surface area contributed by atoms with Crippen LogP contribution in [0, 0.1) is 11.3 Å². The van der Waals surface area contributed by atoms with Crippen LogP contribution in [0.3, 0.4) is 0 Å². The Morgan fingerprint density at radius 1 is 1.16 bits per heavy atom. The fourth-order valence-electron chi connectivity index (χ4n) is 2.39. The van der Waals surface area contributed by atoms with Gasteiger partial charge >= 0.3 is 0 Å². The number of unbranched alkanes of at least 4 members (excludes halogenated alkanes) is 1. The van der Waals surface area contributed by atoms with E-state index in [-0.39, 0.29) is 5.56 Å². The summed E-state index contributed by atoms with van der Waals surface area (Å²) in [5.74, 6) is 0.687. The van der Waals surface area contributed by atoms with Gasteiger partial charge in [0.25, 0.3) is 5.56 Å². The predicted octanol–water partition coefficient (Wildman–Crippen LogP) is 5.09. The van der Waals surface area contributed by atoms with Crippen molar-refractivity contribution < 1.29 is 0 Å². The smallest absolute Gasteiger partial charge is 0.266 e. The van der Waals surface area contributed by atoms with Crippen LogP contribution in [0.25, 0.3) is 16.6 Å². The van der Waals surface area contributed by atoms with Crippen molar-refractivity contribution in [2.24, 2.45) is 0 Å². The van der Waals surface area contributed by atoms with Crippen molar-refractivity contribution in [1.82, 2.24) is 9.55 Å². The first-order valence-electron chi connectivity index (χ1n) is 7.58. The number of nitriles is 1. The average Bonchev–Trinajstić information content (AvgIpc) is 2.58. The number of aromatic nitrogens is 2. The highest BCUT2D eigenvalue weighted by atomic mass is 35.5. The highest BCUT2D eigenvalue weighted by Gasteiger charge is 2.14. The predicted molar refractivity (Wildman–Crippen MR) is 103 cm³/mol. The van der Waals surface area contributed by atoms with E-state index in [0.717, 1.165) is 6.42 Å². The van der Waals surface area contributed by atoms with Gasteiger partial charge in [0.05, 0.1) is 22.7 Å². The highest BCUT2D eigenvalue weighted by molar-refractivity contribution is 7.99. The van der Waals surface area contributed by atoms with Gasteiger partial charge in [0.15, 0.2) is 5.16 Å². The monoisotopic (exact) mass is 389 g/mol. The van der Waals surface area contributed by atoms with Gasteiger partial charge in [0, 0.05) is 22.2 Å². The van der Waals surface area contributed by atoms with Crippen LogP contribution in [0.5, 0.6) is 0 Å². The van der Waals surface area contributed by atoms with Crippen LogP contribution in [0.4, 0.5) is 0 Å². The van der Waals surface area contributed by atoms with Crippen LogP contribution >= 0.6 is 35.0 Å². The van der Waals surface area contributed by atoms with Crippen LogP contribution in [0.2, 0.25) is 10.0 Å². The molecule has 7 heteroatoms. The normalized spacial score (nSPS) is 10.8. The van der Waals surface area contributed by atoms with E-state index in [9.17, 15) is 4.79 Å². The molecule has 2 aromatic carbocycles. The third kappa shape index (κ3) is 3.98. The minimum Gasteiger partial charge on any atom is -0.268 e. The van der Waals surface area contributed by atoms with Crippen molar-refractivity contribution in [1.29, 1.82) is 5.26 Å². The second kappa shape index (κ2) is 7.92. The Labute approximate surface area is 159 Å². The second-order valence-corrected chi connectivity index (χ2v) is 7.22. The zero-order chi connectivity index (χ0) is 17.8. The van der Waals surface area contributed by atoms with Crippen molar-refractivity contribution in [3.8, 4) is 11.8 Å². The van der Waals surface area contributed by atoms with E-state index in [0.29, 0.717) is 44.0 Å². The lowest BCUT2D eigenvalue weighted by Gasteiger charge is -2.13. The lowest BCUT2D eigenvalue weighted by molar-refractivity contribution is 0.817. The fraction of sp³-hybridized carbons (Fsp3) is 0.167. The first kappa shape index (κ1) is 17.8. The molecule has 0 N–H and O–H groups in total. The summed E-state index contributed by atoms with van der Waals surface area (Å²) < 4.78 is 1.55. The molecule has 0 atom stereocenters. The van der Waals surface area contributed by atoms with Crippen molar-refractivity contribution in [3.63, 3.8) is 0 Å². The van der Waals surface area contributed by atoms with Gasteiger partial charge in [-0.1, -0.05) is 41.0 Å². The number of hydrogen-bond donors (Lipinski definition) is 0. The minimum absolute atomic E-state index is 0.174. The van der Waals surface area contributed by atoms with Crippen molar-refractivity contribution >= 4 is 45.9 Å². The molecular weight excluding hydrogens is 377 g/mol. The molecule has 4 nitrogen and oxygen atoms in total. The summed E-state index contributed by atoms with van der Waals surface area (Å²) in [5.41, 5.74) is 1.04. The van der Waals surface area contributed by atoms with Crippen molar-refractivity contribution in [2.45, 2.75) is 18.0 Å². The van der Waals surface area contributed by atoms with E-state index in [2.05, 4.69) is 11.1 Å². The van der Waals surface area contributed by atoms with Gasteiger partial charge in [-0.05, 0) is 42.8 Å². The molecule has 1 aromatic heterocycles. The number of fused-ring (bicyclic) bond motifs is 1. The van der Waals surface area contributed by atoms with Gasteiger partial charge < -0.3 is 0 Å². The average molecular weight is 390 g/mol. The molecule has 0 radical (unpaired) electrons. The molecular formula is C18H13Cl2N3OS. The molecule has 0 aliphatic carbocycles. The molecule has 0 unspecified atom stereocenters. The molecule has 0 saturated carbocycles. The molecule has 3 aromatic rings. The Kier molecular flexibility index (Phi) is 5.64. The number of thioether (sulfide) groups is 1. The molecule has 0 spiro atoms. The summed E-state index contributed by atoms with van der Waals surface area (Å²) in [7, 11) is 0. The molecule has 0 aliphatic heterocycles. The van der Waals surface area contributed by atoms with E-state index in [1.165, 1.54) is 11.8 Å². The molecule has 0 amide bonds. The zero-order valence-electron chi connectivity index (χ0n) is 13.1. The number of nitrogens with zero attached hydrogens (tertiary/aromatic N) is 3. The maximum atomic E-state index is 13.0. The molecule has 0 bridgehead atoms. The highest BCUT2D eigenvalue weighted by Crippen LogP contribution is 2.24. The van der Waals surface area contributed by atoms with E-state index in [1.54, 1.807) is 41.0 Å². The molecule has 25 heavy (non-hydrogen) atoms. The topological polar surface area (TPSA) is 58.7 Å². The number of benzene rings is 2. The van der Waals surface area contributed by atoms with Crippen LogP contribution in [-0.2, 0) is 0 Å². The maximum absolute atomic E-state index is 13.0.